The van der Waals surface area contributed by atoms with E-state index in [1.165, 1.54) is 0 Å². The molecule has 1 N–H and O–H groups in total. The fourth-order valence-corrected chi connectivity index (χ4v) is 3.84. The summed E-state index contributed by atoms with van der Waals surface area (Å²) in [7, 11) is 0. The van der Waals surface area contributed by atoms with Crippen molar-refractivity contribution in [2.75, 3.05) is 13.1 Å². The molecule has 102 valence electrons. The van der Waals surface area contributed by atoms with Crippen molar-refractivity contribution in [2.45, 2.75) is 32.4 Å². The number of amides is 1. The third-order valence-electron chi connectivity index (χ3n) is 4.44. The molecule has 3 rings (SSSR count). The molecule has 19 heavy (non-hydrogen) atoms. The summed E-state index contributed by atoms with van der Waals surface area (Å²) in [5.41, 5.74) is 1.88. The Morgan fingerprint density at radius 3 is 3.00 bits per heavy atom. The van der Waals surface area contributed by atoms with E-state index in [1.54, 1.807) is 0 Å². The molecule has 0 spiro atoms. The summed E-state index contributed by atoms with van der Waals surface area (Å²) in [5, 5.41) is 3.40. The van der Waals surface area contributed by atoms with Gasteiger partial charge in [-0.2, -0.15) is 0 Å². The molecule has 3 atom stereocenters. The van der Waals surface area contributed by atoms with Gasteiger partial charge in [0.25, 0.3) is 5.91 Å². The van der Waals surface area contributed by atoms with Crippen molar-refractivity contribution in [2.24, 2.45) is 5.92 Å². The number of benzene rings is 1. The van der Waals surface area contributed by atoms with Crippen molar-refractivity contribution in [3.05, 3.63) is 33.8 Å². The minimum Gasteiger partial charge on any atom is -0.331 e. The summed E-state index contributed by atoms with van der Waals surface area (Å²) in [6, 6.07) is 6.66. The van der Waals surface area contributed by atoms with Crippen LogP contribution in [-0.2, 0) is 0 Å². The van der Waals surface area contributed by atoms with Gasteiger partial charge in [-0.15, -0.1) is 0 Å². The van der Waals surface area contributed by atoms with Crippen LogP contribution in [0.3, 0.4) is 0 Å². The predicted molar refractivity (Wildman–Crippen MR) is 79.3 cm³/mol. The minimum atomic E-state index is 0.183. The smallest absolute Gasteiger partial charge is 0.254 e. The highest BCUT2D eigenvalue weighted by Gasteiger charge is 2.44. The first-order valence-corrected chi connectivity index (χ1v) is 7.66. The van der Waals surface area contributed by atoms with Gasteiger partial charge in [0, 0.05) is 35.2 Å². The second kappa shape index (κ2) is 4.91. The number of likely N-dealkylation sites (tertiary alicyclic amines) is 1. The summed E-state index contributed by atoms with van der Waals surface area (Å²) in [5.74, 6) is 0.814. The maximum absolute atomic E-state index is 12.9. The number of carbonyl (C=O) groups excluding carboxylic acids is 1. The third-order valence-corrected chi connectivity index (χ3v) is 4.94. The van der Waals surface area contributed by atoms with Crippen LogP contribution in [0.5, 0.6) is 0 Å². The molecule has 2 fully saturated rings. The quantitative estimate of drug-likeness (QED) is 0.862. The van der Waals surface area contributed by atoms with Gasteiger partial charge < -0.3 is 10.2 Å². The topological polar surface area (TPSA) is 32.3 Å². The van der Waals surface area contributed by atoms with E-state index in [0.717, 1.165) is 35.1 Å². The Morgan fingerprint density at radius 2 is 2.21 bits per heavy atom. The summed E-state index contributed by atoms with van der Waals surface area (Å²) in [4.78, 5) is 14.9. The van der Waals surface area contributed by atoms with Crippen molar-refractivity contribution in [1.82, 2.24) is 10.2 Å². The number of rotatable bonds is 1. The Bertz CT molecular complexity index is 517. The van der Waals surface area contributed by atoms with Gasteiger partial charge in [-0.1, -0.05) is 22.0 Å². The van der Waals surface area contributed by atoms with Gasteiger partial charge in [0.1, 0.15) is 0 Å². The van der Waals surface area contributed by atoms with E-state index in [1.807, 2.05) is 25.1 Å². The number of nitrogens with zero attached hydrogens (tertiary/aromatic N) is 1. The second-order valence-electron chi connectivity index (χ2n) is 5.74. The molecule has 2 heterocycles. The number of fused-ring (bicyclic) bond motifs is 1. The van der Waals surface area contributed by atoms with E-state index in [0.29, 0.717) is 18.0 Å². The number of aryl methyl sites for hydroxylation is 1. The predicted octanol–water partition coefficient (Wildman–Crippen LogP) is 2.58. The summed E-state index contributed by atoms with van der Waals surface area (Å²) in [6.45, 7) is 6.17. The molecule has 0 saturated carbocycles. The SMILES string of the molecule is Cc1ccc(Br)cc1C(=O)N1C(C)CC2CNCC21. The average molecular weight is 323 g/mol. The Labute approximate surface area is 122 Å². The van der Waals surface area contributed by atoms with Crippen molar-refractivity contribution < 1.29 is 4.79 Å². The second-order valence-corrected chi connectivity index (χ2v) is 6.66. The first-order valence-electron chi connectivity index (χ1n) is 6.87. The number of halogens is 1. The minimum absolute atomic E-state index is 0.183. The lowest BCUT2D eigenvalue weighted by Crippen LogP contribution is -2.43. The van der Waals surface area contributed by atoms with Gasteiger partial charge in [0.2, 0.25) is 0 Å². The monoisotopic (exact) mass is 322 g/mol. The summed E-state index contributed by atoms with van der Waals surface area (Å²) >= 11 is 3.46. The molecular formula is C15H19BrN2O. The zero-order valence-electron chi connectivity index (χ0n) is 11.3. The maximum Gasteiger partial charge on any atom is 0.254 e. The van der Waals surface area contributed by atoms with Crippen LogP contribution in [0.1, 0.15) is 29.3 Å². The number of nitrogens with one attached hydrogen (secondary N) is 1. The van der Waals surface area contributed by atoms with Crippen LogP contribution in [0, 0.1) is 12.8 Å². The van der Waals surface area contributed by atoms with Gasteiger partial charge in [-0.3, -0.25) is 4.79 Å². The molecular weight excluding hydrogens is 304 g/mol. The lowest BCUT2D eigenvalue weighted by molar-refractivity contribution is 0.0681. The molecule has 0 radical (unpaired) electrons. The molecule has 1 aromatic carbocycles. The van der Waals surface area contributed by atoms with Gasteiger partial charge in [0.15, 0.2) is 0 Å². The van der Waals surface area contributed by atoms with Gasteiger partial charge in [-0.05, 0) is 43.9 Å². The first kappa shape index (κ1) is 13.1. The lowest BCUT2D eigenvalue weighted by atomic mass is 10.0. The van der Waals surface area contributed by atoms with E-state index in [4.69, 9.17) is 0 Å². The fraction of sp³-hybridized carbons (Fsp3) is 0.533. The largest absolute Gasteiger partial charge is 0.331 e. The Kier molecular flexibility index (Phi) is 3.39. The Morgan fingerprint density at radius 1 is 1.42 bits per heavy atom. The van der Waals surface area contributed by atoms with Crippen LogP contribution in [0.4, 0.5) is 0 Å². The molecule has 0 aromatic heterocycles. The molecule has 2 aliphatic rings. The Balaban J connectivity index is 1.93. The van der Waals surface area contributed by atoms with Crippen LogP contribution in [0.25, 0.3) is 0 Å². The van der Waals surface area contributed by atoms with Crippen molar-refractivity contribution in [3.8, 4) is 0 Å². The molecule has 0 aliphatic carbocycles. The van der Waals surface area contributed by atoms with E-state index < -0.39 is 0 Å². The summed E-state index contributed by atoms with van der Waals surface area (Å²) < 4.78 is 0.967. The highest BCUT2D eigenvalue weighted by Crippen LogP contribution is 2.34. The van der Waals surface area contributed by atoms with E-state index in [2.05, 4.69) is 33.1 Å². The molecule has 3 nitrogen and oxygen atoms in total. The third kappa shape index (κ3) is 2.21. The lowest BCUT2D eigenvalue weighted by Gasteiger charge is -2.28. The van der Waals surface area contributed by atoms with Crippen LogP contribution < -0.4 is 5.32 Å². The first-order chi connectivity index (χ1) is 9.08. The fourth-order valence-electron chi connectivity index (χ4n) is 3.48. The molecule has 1 aromatic rings. The van der Waals surface area contributed by atoms with Crippen molar-refractivity contribution >= 4 is 21.8 Å². The van der Waals surface area contributed by atoms with Gasteiger partial charge >= 0.3 is 0 Å². The van der Waals surface area contributed by atoms with Crippen LogP contribution >= 0.6 is 15.9 Å². The molecule has 1 amide bonds. The highest BCUT2D eigenvalue weighted by atomic mass is 79.9. The summed E-state index contributed by atoms with van der Waals surface area (Å²) in [6.07, 6.45) is 1.12. The maximum atomic E-state index is 12.9. The van der Waals surface area contributed by atoms with E-state index in [9.17, 15) is 4.79 Å². The zero-order chi connectivity index (χ0) is 13.6. The van der Waals surface area contributed by atoms with Crippen LogP contribution in [0.15, 0.2) is 22.7 Å². The molecule has 0 bridgehead atoms. The Hall–Kier alpha value is -0.870. The van der Waals surface area contributed by atoms with Gasteiger partial charge in [0.05, 0.1) is 0 Å². The standard InChI is InChI=1S/C15H19BrN2O/c1-9-3-4-12(16)6-13(9)15(19)18-10(2)5-11-7-17-8-14(11)18/h3-4,6,10-11,14,17H,5,7-8H2,1-2H3. The van der Waals surface area contributed by atoms with Gasteiger partial charge in [-0.25, -0.2) is 0 Å². The van der Waals surface area contributed by atoms with Crippen molar-refractivity contribution in [3.63, 3.8) is 0 Å². The molecule has 3 unspecified atom stereocenters. The molecule has 2 aliphatic heterocycles. The van der Waals surface area contributed by atoms with E-state index in [-0.39, 0.29) is 5.91 Å². The number of hydrogen-bond donors (Lipinski definition) is 1. The van der Waals surface area contributed by atoms with Crippen molar-refractivity contribution in [1.29, 1.82) is 0 Å². The van der Waals surface area contributed by atoms with E-state index >= 15 is 0 Å². The molecule has 2 saturated heterocycles. The zero-order valence-corrected chi connectivity index (χ0v) is 12.9. The number of carbonyl (C=O) groups is 1. The number of hydrogen-bond acceptors (Lipinski definition) is 2. The van der Waals surface area contributed by atoms with Crippen LogP contribution in [-0.4, -0.2) is 36.0 Å². The highest BCUT2D eigenvalue weighted by molar-refractivity contribution is 9.10. The molecule has 4 heteroatoms. The van der Waals surface area contributed by atoms with Crippen LogP contribution in [0.2, 0.25) is 0 Å². The normalized spacial score (nSPS) is 29.6. The average Bonchev–Trinajstić information content (AvgIpc) is 2.91.